The monoisotopic (exact) mass is 489 g/mol. The zero-order valence-electron chi connectivity index (χ0n) is 19.8. The van der Waals surface area contributed by atoms with Crippen molar-refractivity contribution in [2.45, 2.75) is 26.3 Å². The Morgan fingerprint density at radius 3 is 2.86 bits per heavy atom. The molecule has 3 heterocycles. The minimum absolute atomic E-state index is 0.108. The number of ether oxygens (including phenoxy) is 2. The van der Waals surface area contributed by atoms with Crippen LogP contribution in [0.25, 0.3) is 16.9 Å². The van der Waals surface area contributed by atoms with Crippen LogP contribution in [0.2, 0.25) is 0 Å². The van der Waals surface area contributed by atoms with E-state index in [1.165, 1.54) is 36.9 Å². The van der Waals surface area contributed by atoms with Crippen LogP contribution < -0.4 is 20.1 Å². The number of aryl methyl sites for hydroxylation is 1. The van der Waals surface area contributed by atoms with E-state index in [0.717, 1.165) is 29.7 Å². The minimum atomic E-state index is -0.757. The molecule has 1 aliphatic rings. The third kappa shape index (κ3) is 4.45. The molecule has 5 rings (SSSR count). The van der Waals surface area contributed by atoms with Gasteiger partial charge in [-0.05, 0) is 42.7 Å². The summed E-state index contributed by atoms with van der Waals surface area (Å²) < 4.78 is 28.3. The molecule has 2 amide bonds. The molecule has 2 aromatic carbocycles. The Hall–Kier alpha value is -4.47. The van der Waals surface area contributed by atoms with E-state index >= 15 is 4.39 Å². The third-order valence-corrected chi connectivity index (χ3v) is 5.91. The lowest BCUT2D eigenvalue weighted by atomic mass is 10.0. The van der Waals surface area contributed by atoms with E-state index in [-0.39, 0.29) is 35.0 Å². The normalized spacial score (nSPS) is 12.5. The fraction of sp³-hybridized carbons (Fsp3) is 0.231. The predicted octanol–water partition coefficient (Wildman–Crippen LogP) is 3.76. The van der Waals surface area contributed by atoms with Crippen LogP contribution in [-0.2, 0) is 17.8 Å². The molecule has 2 aromatic heterocycles. The van der Waals surface area contributed by atoms with Crippen LogP contribution >= 0.6 is 0 Å². The van der Waals surface area contributed by atoms with E-state index in [1.807, 2.05) is 18.2 Å². The van der Waals surface area contributed by atoms with Gasteiger partial charge in [-0.3, -0.25) is 9.59 Å². The van der Waals surface area contributed by atoms with Crippen molar-refractivity contribution in [1.29, 1.82) is 0 Å². The zero-order valence-corrected chi connectivity index (χ0v) is 19.8. The van der Waals surface area contributed by atoms with Crippen molar-refractivity contribution in [3.63, 3.8) is 0 Å². The minimum Gasteiger partial charge on any atom is -0.496 e. The van der Waals surface area contributed by atoms with Gasteiger partial charge in [0.25, 0.3) is 5.91 Å². The molecule has 4 aromatic rings. The molecule has 2 N–H and O–H groups in total. The number of rotatable bonds is 6. The highest BCUT2D eigenvalue weighted by Crippen LogP contribution is 2.32. The molecule has 0 unspecified atom stereocenters. The van der Waals surface area contributed by atoms with Gasteiger partial charge in [0.05, 0.1) is 25.6 Å². The lowest BCUT2D eigenvalue weighted by molar-refractivity contribution is -0.114. The Bertz CT molecular complexity index is 1480. The summed E-state index contributed by atoms with van der Waals surface area (Å²) >= 11 is 0. The molecule has 0 fully saturated rings. The predicted molar refractivity (Wildman–Crippen MR) is 131 cm³/mol. The van der Waals surface area contributed by atoms with Crippen LogP contribution in [0.3, 0.4) is 0 Å². The Morgan fingerprint density at radius 1 is 1.19 bits per heavy atom. The van der Waals surface area contributed by atoms with Crippen LogP contribution in [0.15, 0.2) is 48.7 Å². The van der Waals surface area contributed by atoms with Crippen molar-refractivity contribution in [2.24, 2.45) is 0 Å². The number of anilines is 1. The summed E-state index contributed by atoms with van der Waals surface area (Å²) in [5, 5.41) is 9.79. The van der Waals surface area contributed by atoms with Gasteiger partial charge < -0.3 is 20.1 Å². The van der Waals surface area contributed by atoms with Crippen molar-refractivity contribution in [2.75, 3.05) is 19.0 Å². The summed E-state index contributed by atoms with van der Waals surface area (Å²) in [4.78, 5) is 28.7. The van der Waals surface area contributed by atoms with Gasteiger partial charge in [0.2, 0.25) is 5.91 Å². The van der Waals surface area contributed by atoms with Crippen molar-refractivity contribution < 1.29 is 23.5 Å². The number of hydrogen-bond donors (Lipinski definition) is 2. The van der Waals surface area contributed by atoms with Gasteiger partial charge in [-0.25, -0.2) is 13.9 Å². The summed E-state index contributed by atoms with van der Waals surface area (Å²) in [5.74, 6) is -0.422. The van der Waals surface area contributed by atoms with Crippen LogP contribution in [0.4, 0.5) is 10.2 Å². The van der Waals surface area contributed by atoms with Gasteiger partial charge in [-0.1, -0.05) is 18.2 Å². The first kappa shape index (κ1) is 23.3. The number of nitrogens with one attached hydrogen (secondary N) is 2. The van der Waals surface area contributed by atoms with E-state index in [9.17, 15) is 9.59 Å². The van der Waals surface area contributed by atoms with Gasteiger partial charge in [0, 0.05) is 24.6 Å². The lowest BCUT2D eigenvalue weighted by Crippen LogP contribution is -2.25. The van der Waals surface area contributed by atoms with Crippen molar-refractivity contribution >= 4 is 23.3 Å². The molecular formula is C26H24FN5O4. The number of halogens is 1. The second-order valence-electron chi connectivity index (χ2n) is 8.37. The molecule has 1 aliphatic heterocycles. The molecular weight excluding hydrogens is 465 g/mol. The molecule has 36 heavy (non-hydrogen) atoms. The topological polar surface area (TPSA) is 107 Å². The molecule has 9 nitrogen and oxygen atoms in total. The molecule has 0 bridgehead atoms. The SMILES string of the molecule is COc1ccc(-c2ccc3nc(NC(C)=O)cn3n2)c(F)c1C(=O)NCc1cccc2c1OCCC2. The fourth-order valence-electron chi connectivity index (χ4n) is 4.26. The summed E-state index contributed by atoms with van der Waals surface area (Å²) in [6, 6.07) is 12.1. The van der Waals surface area contributed by atoms with Gasteiger partial charge in [-0.15, -0.1) is 0 Å². The number of imidazole rings is 1. The van der Waals surface area contributed by atoms with Gasteiger partial charge in [-0.2, -0.15) is 5.10 Å². The Morgan fingerprint density at radius 2 is 2.06 bits per heavy atom. The highest BCUT2D eigenvalue weighted by Gasteiger charge is 2.23. The summed E-state index contributed by atoms with van der Waals surface area (Å²) in [6.07, 6.45) is 3.39. The van der Waals surface area contributed by atoms with Crippen LogP contribution in [0.1, 0.15) is 34.8 Å². The number of fused-ring (bicyclic) bond motifs is 2. The number of hydrogen-bond acceptors (Lipinski definition) is 6. The largest absolute Gasteiger partial charge is 0.496 e. The van der Waals surface area contributed by atoms with E-state index in [1.54, 1.807) is 12.1 Å². The highest BCUT2D eigenvalue weighted by atomic mass is 19.1. The summed E-state index contributed by atoms with van der Waals surface area (Å²) in [6.45, 7) is 2.19. The smallest absolute Gasteiger partial charge is 0.258 e. The van der Waals surface area contributed by atoms with E-state index < -0.39 is 11.7 Å². The second-order valence-corrected chi connectivity index (χ2v) is 8.37. The molecule has 10 heteroatoms. The molecule has 0 spiro atoms. The highest BCUT2D eigenvalue weighted by molar-refractivity contribution is 5.98. The van der Waals surface area contributed by atoms with Gasteiger partial charge >= 0.3 is 0 Å². The first-order chi connectivity index (χ1) is 17.4. The number of nitrogens with zero attached hydrogens (tertiary/aromatic N) is 3. The lowest BCUT2D eigenvalue weighted by Gasteiger charge is -2.20. The zero-order chi connectivity index (χ0) is 25.2. The molecule has 0 aliphatic carbocycles. The average Bonchev–Trinajstić information content (AvgIpc) is 3.27. The molecule has 184 valence electrons. The molecule has 0 saturated carbocycles. The number of carbonyl (C=O) groups excluding carboxylic acids is 2. The van der Waals surface area contributed by atoms with E-state index in [0.29, 0.717) is 18.1 Å². The van der Waals surface area contributed by atoms with Crippen molar-refractivity contribution in [3.05, 3.63) is 71.2 Å². The Kier molecular flexibility index (Phi) is 6.24. The van der Waals surface area contributed by atoms with Crippen LogP contribution in [0.5, 0.6) is 11.5 Å². The third-order valence-electron chi connectivity index (χ3n) is 5.91. The number of amides is 2. The van der Waals surface area contributed by atoms with Gasteiger partial charge in [0.15, 0.2) is 11.5 Å². The van der Waals surface area contributed by atoms with E-state index in [4.69, 9.17) is 9.47 Å². The van der Waals surface area contributed by atoms with E-state index in [2.05, 4.69) is 20.7 Å². The maximum absolute atomic E-state index is 15.7. The van der Waals surface area contributed by atoms with Crippen LogP contribution in [-0.4, -0.2) is 40.1 Å². The Labute approximate surface area is 206 Å². The number of aromatic nitrogens is 3. The molecule has 0 atom stereocenters. The maximum atomic E-state index is 15.7. The molecule has 0 saturated heterocycles. The first-order valence-corrected chi connectivity index (χ1v) is 11.5. The molecule has 0 radical (unpaired) electrons. The van der Waals surface area contributed by atoms with Crippen molar-refractivity contribution in [3.8, 4) is 22.8 Å². The number of para-hydroxylation sites is 1. The Balaban J connectivity index is 1.44. The standard InChI is InChI=1S/C26H24FN5O4/c1-15(33)29-21-14-32-22(30-21)11-9-19(31-32)18-8-10-20(35-2)23(24(18)27)26(34)28-13-17-6-3-5-16-7-4-12-36-25(16)17/h3,5-6,8-11,14H,4,7,12-13H2,1-2H3,(H,28,34)(H,29,33). The maximum Gasteiger partial charge on any atom is 0.258 e. The fourth-order valence-corrected chi connectivity index (χ4v) is 4.26. The second kappa shape index (κ2) is 9.65. The van der Waals surface area contributed by atoms with Crippen LogP contribution in [0, 0.1) is 5.82 Å². The summed E-state index contributed by atoms with van der Waals surface area (Å²) in [5.41, 5.74) is 2.60. The number of carbonyl (C=O) groups is 2. The number of benzene rings is 2. The summed E-state index contributed by atoms with van der Waals surface area (Å²) in [7, 11) is 1.38. The number of methoxy groups -OCH3 is 1. The first-order valence-electron chi connectivity index (χ1n) is 11.5. The van der Waals surface area contributed by atoms with Crippen molar-refractivity contribution in [1.82, 2.24) is 19.9 Å². The quantitative estimate of drug-likeness (QED) is 0.427. The average molecular weight is 490 g/mol. The van der Waals surface area contributed by atoms with Gasteiger partial charge in [0.1, 0.15) is 22.9 Å².